The molecule has 0 spiro atoms. The number of carbonyl (C=O) groups excluding carboxylic acids is 1. The minimum atomic E-state index is -1.79. The lowest BCUT2D eigenvalue weighted by Crippen LogP contribution is -2.65. The second-order valence-electron chi connectivity index (χ2n) is 30.3. The fourth-order valence-electron chi connectivity index (χ4n) is 14.1. The highest BCUT2D eigenvalue weighted by Gasteiger charge is 2.51. The lowest BCUT2D eigenvalue weighted by Gasteiger charge is -2.46. The van der Waals surface area contributed by atoms with Crippen LogP contribution in [0.4, 0.5) is 0 Å². The molecule has 12 unspecified atom stereocenters. The molecule has 2 aliphatic rings. The van der Waals surface area contributed by atoms with E-state index in [0.29, 0.717) is 12.8 Å². The van der Waals surface area contributed by atoms with Crippen molar-refractivity contribution >= 4 is 5.91 Å². The van der Waals surface area contributed by atoms with Crippen LogP contribution in [0.5, 0.6) is 0 Å². The summed E-state index contributed by atoms with van der Waals surface area (Å²) in [5, 5.41) is 88.0. The molecule has 103 heavy (non-hydrogen) atoms. The van der Waals surface area contributed by atoms with Crippen LogP contribution in [0.25, 0.3) is 0 Å². The van der Waals surface area contributed by atoms with Gasteiger partial charge in [-0.05, 0) is 70.6 Å². The Labute approximate surface area is 631 Å². The van der Waals surface area contributed by atoms with Crippen molar-refractivity contribution in [2.45, 2.75) is 453 Å². The first-order valence-electron chi connectivity index (χ1n) is 43.3. The van der Waals surface area contributed by atoms with E-state index in [2.05, 4.69) is 104 Å². The van der Waals surface area contributed by atoms with Gasteiger partial charge >= 0.3 is 0 Å². The molecule has 0 radical (unpaired) electrons. The normalized spacial score (nSPS) is 22.0. The summed E-state index contributed by atoms with van der Waals surface area (Å²) in [6.07, 6.45) is 84.9. The first kappa shape index (κ1) is 96.2. The largest absolute Gasteiger partial charge is 0.394 e. The van der Waals surface area contributed by atoms with Crippen molar-refractivity contribution in [3.05, 3.63) is 85.1 Å². The zero-order valence-electron chi connectivity index (χ0n) is 66.1. The van der Waals surface area contributed by atoms with Gasteiger partial charge in [-0.25, -0.2) is 0 Å². The first-order valence-corrected chi connectivity index (χ1v) is 43.3. The Balaban J connectivity index is 1.57. The number of rotatable bonds is 73. The van der Waals surface area contributed by atoms with Gasteiger partial charge < -0.3 is 65.1 Å². The van der Waals surface area contributed by atoms with E-state index in [-0.39, 0.29) is 12.5 Å². The Bertz CT molecular complexity index is 2060. The van der Waals surface area contributed by atoms with E-state index < -0.39 is 86.8 Å². The lowest BCUT2D eigenvalue weighted by atomic mass is 9.97. The van der Waals surface area contributed by atoms with Gasteiger partial charge in [-0.3, -0.25) is 4.79 Å². The highest BCUT2D eigenvalue weighted by Crippen LogP contribution is 2.31. The Morgan fingerprint density at radius 1 is 0.359 bits per heavy atom. The second-order valence-corrected chi connectivity index (χ2v) is 30.3. The van der Waals surface area contributed by atoms with E-state index in [4.69, 9.17) is 18.9 Å². The van der Waals surface area contributed by atoms with Gasteiger partial charge in [0.1, 0.15) is 48.8 Å². The van der Waals surface area contributed by atoms with E-state index >= 15 is 0 Å². The van der Waals surface area contributed by atoms with Gasteiger partial charge in [-0.1, -0.05) is 388 Å². The molecule has 0 saturated carbocycles. The molecule has 2 rings (SSSR count). The zero-order valence-corrected chi connectivity index (χ0v) is 66.1. The SMILES string of the molecule is CC/C=C\C/C=C\C/C=C\C/C=C\C/C=C\C/C=C\C/C=C\CCCCCCCCCCCCCCCCCCCC(=O)NC(COC1OC(CO)C(OC2OC(CO)C(O)C(O)C2O)C(O)C1O)C(O)CCCCCCCCCCCCCCCCCCCCCCCCCCCCCCCC. The molecule has 0 aromatic heterocycles. The average molecular weight is 1450 g/mol. The molecular weight excluding hydrogens is 1290 g/mol. The van der Waals surface area contributed by atoms with Gasteiger partial charge in [0.2, 0.25) is 5.91 Å². The van der Waals surface area contributed by atoms with Crippen LogP contribution in [0, 0.1) is 0 Å². The summed E-state index contributed by atoms with van der Waals surface area (Å²) in [6, 6.07) is -0.834. The van der Waals surface area contributed by atoms with Gasteiger partial charge in [0.15, 0.2) is 12.6 Å². The highest BCUT2D eigenvalue weighted by molar-refractivity contribution is 5.76. The Kier molecular flexibility index (Phi) is 67.3. The maximum atomic E-state index is 13.4. The van der Waals surface area contributed by atoms with Crippen molar-refractivity contribution < 1.29 is 64.6 Å². The molecule has 9 N–H and O–H groups in total. The van der Waals surface area contributed by atoms with Gasteiger partial charge in [0.25, 0.3) is 0 Å². The molecule has 14 heteroatoms. The predicted molar refractivity (Wildman–Crippen MR) is 429 cm³/mol. The summed E-state index contributed by atoms with van der Waals surface area (Å²) in [4.78, 5) is 13.4. The number of carbonyl (C=O) groups is 1. The molecule has 0 aliphatic carbocycles. The molecule has 14 nitrogen and oxygen atoms in total. The van der Waals surface area contributed by atoms with Crippen LogP contribution < -0.4 is 5.32 Å². The molecule has 1 amide bonds. The number of aliphatic hydroxyl groups is 8. The Hall–Kier alpha value is -2.83. The maximum Gasteiger partial charge on any atom is 0.220 e. The number of nitrogens with one attached hydrogen (secondary N) is 1. The van der Waals surface area contributed by atoms with Gasteiger partial charge in [-0.2, -0.15) is 0 Å². The number of hydrogen-bond donors (Lipinski definition) is 9. The summed E-state index contributed by atoms with van der Waals surface area (Å²) < 4.78 is 23.0. The summed E-state index contributed by atoms with van der Waals surface area (Å²) in [6.45, 7) is 2.81. The topological polar surface area (TPSA) is 228 Å². The van der Waals surface area contributed by atoms with E-state index in [0.717, 1.165) is 96.3 Å². The smallest absolute Gasteiger partial charge is 0.220 e. The predicted octanol–water partition coefficient (Wildman–Crippen LogP) is 20.6. The standard InChI is InChI=1S/C89H161NO13/c1-3-5-7-9-11-13-15-17-19-21-23-25-27-29-31-33-35-36-37-38-39-40-41-42-43-45-47-49-51-53-55-57-59-61-63-65-67-69-71-73-81(94)90-77(76-100-88-86(99)84(97)87(80(75-92)102-88)103-89-85(98)83(96)82(95)79(74-91)101-89)78(93)72-70-68-66-64-62-60-58-56-54-52-50-48-46-44-34-32-30-28-26-24-22-20-18-16-14-12-10-8-6-4-2/h5,7,11,13,17,19,23,25,29,31,35-36,38-39,77-80,82-89,91-93,95-99H,3-4,6,8-10,12,14-16,18,20-22,24,26-28,30,32-34,37,40-76H2,1-2H3,(H,90,94)/b7-5-,13-11-,19-17-,25-23-,31-29-,36-35-,39-38-. The minimum Gasteiger partial charge on any atom is -0.394 e. The molecule has 2 fully saturated rings. The van der Waals surface area contributed by atoms with Crippen molar-refractivity contribution in [1.82, 2.24) is 5.32 Å². The van der Waals surface area contributed by atoms with E-state index in [1.807, 2.05) is 0 Å². The Morgan fingerprint density at radius 2 is 0.670 bits per heavy atom. The first-order chi connectivity index (χ1) is 50.6. The van der Waals surface area contributed by atoms with Crippen LogP contribution in [-0.2, 0) is 23.7 Å². The minimum absolute atomic E-state index is 0.202. The molecule has 2 saturated heterocycles. The van der Waals surface area contributed by atoms with Crippen LogP contribution in [0.2, 0.25) is 0 Å². The summed E-state index contributed by atoms with van der Waals surface area (Å²) in [7, 11) is 0. The van der Waals surface area contributed by atoms with Crippen molar-refractivity contribution in [3.8, 4) is 0 Å². The third-order valence-corrected chi connectivity index (χ3v) is 20.9. The lowest BCUT2D eigenvalue weighted by molar-refractivity contribution is -0.359. The van der Waals surface area contributed by atoms with Gasteiger partial charge in [0, 0.05) is 6.42 Å². The maximum absolute atomic E-state index is 13.4. The van der Waals surface area contributed by atoms with E-state index in [1.54, 1.807) is 0 Å². The molecule has 0 bridgehead atoms. The summed E-state index contributed by atoms with van der Waals surface area (Å²) in [5.41, 5.74) is 0. The summed E-state index contributed by atoms with van der Waals surface area (Å²) >= 11 is 0. The molecule has 0 aromatic rings. The highest BCUT2D eigenvalue weighted by atomic mass is 16.7. The number of unbranched alkanes of at least 4 members (excludes halogenated alkanes) is 46. The zero-order chi connectivity index (χ0) is 74.4. The van der Waals surface area contributed by atoms with Crippen LogP contribution in [0.3, 0.4) is 0 Å². The number of amides is 1. The quantitative estimate of drug-likeness (QED) is 0.0204. The van der Waals surface area contributed by atoms with Crippen LogP contribution in [0.1, 0.15) is 380 Å². The van der Waals surface area contributed by atoms with Crippen molar-refractivity contribution in [1.29, 1.82) is 0 Å². The van der Waals surface area contributed by atoms with E-state index in [1.165, 1.54) is 257 Å². The van der Waals surface area contributed by atoms with Crippen LogP contribution in [-0.4, -0.2) is 140 Å². The average Bonchev–Trinajstić information content (AvgIpc) is 0.791. The third-order valence-electron chi connectivity index (χ3n) is 20.9. The van der Waals surface area contributed by atoms with Crippen molar-refractivity contribution in [2.24, 2.45) is 0 Å². The second kappa shape index (κ2) is 72.1. The van der Waals surface area contributed by atoms with Crippen molar-refractivity contribution in [3.63, 3.8) is 0 Å². The number of hydrogen-bond acceptors (Lipinski definition) is 13. The monoisotopic (exact) mass is 1450 g/mol. The fourth-order valence-corrected chi connectivity index (χ4v) is 14.1. The number of allylic oxidation sites excluding steroid dienone is 14. The van der Waals surface area contributed by atoms with Gasteiger partial charge in [-0.15, -0.1) is 0 Å². The van der Waals surface area contributed by atoms with E-state index in [9.17, 15) is 45.6 Å². The van der Waals surface area contributed by atoms with Crippen LogP contribution >= 0.6 is 0 Å². The molecule has 600 valence electrons. The number of ether oxygens (including phenoxy) is 4. The van der Waals surface area contributed by atoms with Crippen molar-refractivity contribution in [2.75, 3.05) is 19.8 Å². The third kappa shape index (κ3) is 54.4. The number of aliphatic hydroxyl groups excluding tert-OH is 8. The van der Waals surface area contributed by atoms with Crippen LogP contribution in [0.15, 0.2) is 85.1 Å². The molecule has 0 aromatic carbocycles. The fraction of sp³-hybridized carbons (Fsp3) is 0.831. The Morgan fingerprint density at radius 3 is 1.03 bits per heavy atom. The van der Waals surface area contributed by atoms with Gasteiger partial charge in [0.05, 0.1) is 32.0 Å². The molecule has 2 heterocycles. The summed E-state index contributed by atoms with van der Waals surface area (Å²) in [5.74, 6) is -0.202. The molecule has 2 aliphatic heterocycles. The molecular formula is C89H161NO13. The molecule has 12 atom stereocenters.